The van der Waals surface area contributed by atoms with Crippen LogP contribution >= 0.6 is 11.6 Å². The molecular weight excluding hydrogens is 250 g/mol. The van der Waals surface area contributed by atoms with Crippen molar-refractivity contribution < 1.29 is 4.74 Å². The number of halogens is 1. The van der Waals surface area contributed by atoms with Crippen molar-refractivity contribution in [1.82, 2.24) is 14.9 Å². The number of hydrogen-bond acceptors (Lipinski definition) is 4. The number of ether oxygens (including phenoxy) is 1. The van der Waals surface area contributed by atoms with Gasteiger partial charge in [-0.05, 0) is 25.8 Å². The Balaban J connectivity index is 2.11. The first-order valence-corrected chi connectivity index (χ1v) is 6.81. The van der Waals surface area contributed by atoms with E-state index >= 15 is 0 Å². The second kappa shape index (κ2) is 5.85. The van der Waals surface area contributed by atoms with Crippen LogP contribution in [0.2, 0.25) is 5.15 Å². The molecule has 1 aromatic rings. The Labute approximate surface area is 113 Å². The molecule has 18 heavy (non-hydrogen) atoms. The number of piperidine rings is 1. The lowest BCUT2D eigenvalue weighted by molar-refractivity contribution is 0.108. The van der Waals surface area contributed by atoms with Crippen LogP contribution in [0.5, 0.6) is 5.88 Å². The Bertz CT molecular complexity index is 403. The van der Waals surface area contributed by atoms with Gasteiger partial charge in [0.05, 0.1) is 5.56 Å². The van der Waals surface area contributed by atoms with E-state index in [0.29, 0.717) is 11.0 Å². The number of aromatic nitrogens is 2. The average molecular weight is 270 g/mol. The van der Waals surface area contributed by atoms with Gasteiger partial charge in [-0.2, -0.15) is 0 Å². The predicted octanol–water partition coefficient (Wildman–Crippen LogP) is 2.73. The molecule has 0 aromatic carbocycles. The molecule has 4 nitrogen and oxygen atoms in total. The summed E-state index contributed by atoms with van der Waals surface area (Å²) >= 11 is 6.13. The first-order chi connectivity index (χ1) is 8.58. The lowest BCUT2D eigenvalue weighted by atomic mass is 10.1. The summed E-state index contributed by atoms with van der Waals surface area (Å²) in [6.07, 6.45) is 3.79. The molecule has 1 aliphatic rings. The first-order valence-electron chi connectivity index (χ1n) is 6.43. The normalized spacial score (nSPS) is 18.3. The molecule has 100 valence electrons. The number of rotatable bonds is 3. The van der Waals surface area contributed by atoms with Crippen molar-refractivity contribution in [3.63, 3.8) is 0 Å². The highest BCUT2D eigenvalue weighted by molar-refractivity contribution is 6.30. The van der Waals surface area contributed by atoms with Gasteiger partial charge in [-0.15, -0.1) is 0 Å². The highest BCUT2D eigenvalue weighted by Gasteiger charge is 2.22. The fraction of sp³-hybridized carbons (Fsp3) is 0.692. The largest absolute Gasteiger partial charge is 0.474 e. The second-order valence-corrected chi connectivity index (χ2v) is 5.52. The highest BCUT2D eigenvalue weighted by atomic mass is 35.5. The zero-order chi connectivity index (χ0) is 13.1. The Kier molecular flexibility index (Phi) is 4.40. The highest BCUT2D eigenvalue weighted by Crippen LogP contribution is 2.31. The second-order valence-electron chi connectivity index (χ2n) is 5.16. The van der Waals surface area contributed by atoms with Crippen molar-refractivity contribution in [3.8, 4) is 5.88 Å². The molecule has 1 fully saturated rings. The Morgan fingerprint density at radius 2 is 2.00 bits per heavy atom. The van der Waals surface area contributed by atoms with Gasteiger partial charge < -0.3 is 9.64 Å². The van der Waals surface area contributed by atoms with E-state index in [4.69, 9.17) is 16.3 Å². The summed E-state index contributed by atoms with van der Waals surface area (Å²) in [5, 5.41) is 0.503. The molecule has 0 N–H and O–H groups in total. The maximum absolute atomic E-state index is 6.13. The van der Waals surface area contributed by atoms with Gasteiger partial charge in [0, 0.05) is 13.1 Å². The zero-order valence-corrected chi connectivity index (χ0v) is 11.9. The molecule has 0 saturated carbocycles. The Morgan fingerprint density at radius 3 is 2.61 bits per heavy atom. The van der Waals surface area contributed by atoms with Crippen LogP contribution in [0.25, 0.3) is 0 Å². The van der Waals surface area contributed by atoms with Gasteiger partial charge >= 0.3 is 0 Å². The SMILES string of the molecule is CC(C)c1c(Cl)ncnc1OC1CCN(C)CC1. The average Bonchev–Trinajstić information content (AvgIpc) is 2.32. The molecule has 1 saturated heterocycles. The van der Waals surface area contributed by atoms with Gasteiger partial charge in [0.15, 0.2) is 0 Å². The van der Waals surface area contributed by atoms with Crippen LogP contribution in [0.4, 0.5) is 0 Å². The van der Waals surface area contributed by atoms with Crippen molar-refractivity contribution in [3.05, 3.63) is 17.0 Å². The molecule has 0 bridgehead atoms. The van der Waals surface area contributed by atoms with Crippen molar-refractivity contribution in [2.24, 2.45) is 0 Å². The van der Waals surface area contributed by atoms with E-state index in [0.717, 1.165) is 31.5 Å². The van der Waals surface area contributed by atoms with Crippen molar-refractivity contribution in [2.75, 3.05) is 20.1 Å². The minimum atomic E-state index is 0.240. The van der Waals surface area contributed by atoms with Gasteiger partial charge in [-0.1, -0.05) is 25.4 Å². The smallest absolute Gasteiger partial charge is 0.221 e. The fourth-order valence-corrected chi connectivity index (χ4v) is 2.54. The molecule has 1 aromatic heterocycles. The van der Waals surface area contributed by atoms with Crippen molar-refractivity contribution in [2.45, 2.75) is 38.7 Å². The Hall–Kier alpha value is -0.870. The van der Waals surface area contributed by atoms with E-state index in [2.05, 4.69) is 35.8 Å². The molecule has 0 unspecified atom stereocenters. The minimum absolute atomic E-state index is 0.240. The van der Waals surface area contributed by atoms with Crippen LogP contribution < -0.4 is 4.74 Å². The van der Waals surface area contributed by atoms with Crippen LogP contribution in [0.15, 0.2) is 6.33 Å². The third-order valence-corrected chi connectivity index (χ3v) is 3.62. The lowest BCUT2D eigenvalue weighted by Crippen LogP contribution is -2.36. The maximum atomic E-state index is 6.13. The monoisotopic (exact) mass is 269 g/mol. The molecule has 0 spiro atoms. The minimum Gasteiger partial charge on any atom is -0.474 e. The lowest BCUT2D eigenvalue weighted by Gasteiger charge is -2.29. The van der Waals surface area contributed by atoms with Crippen molar-refractivity contribution >= 4 is 11.6 Å². The summed E-state index contributed by atoms with van der Waals surface area (Å²) in [7, 11) is 2.14. The number of hydrogen-bond donors (Lipinski definition) is 0. The third kappa shape index (κ3) is 3.12. The van der Waals surface area contributed by atoms with E-state index < -0.39 is 0 Å². The quantitative estimate of drug-likeness (QED) is 0.791. The van der Waals surface area contributed by atoms with Crippen LogP contribution in [0.3, 0.4) is 0 Å². The fourth-order valence-electron chi connectivity index (χ4n) is 2.20. The summed E-state index contributed by atoms with van der Waals surface area (Å²) in [5.74, 6) is 0.916. The third-order valence-electron chi connectivity index (χ3n) is 3.32. The van der Waals surface area contributed by atoms with E-state index in [-0.39, 0.29) is 12.0 Å². The summed E-state index contributed by atoms with van der Waals surface area (Å²) in [6.45, 7) is 6.29. The number of likely N-dealkylation sites (tertiary alicyclic amines) is 1. The van der Waals surface area contributed by atoms with Gasteiger partial charge in [0.1, 0.15) is 17.6 Å². The molecular formula is C13H20ClN3O. The first kappa shape index (κ1) is 13.6. The van der Waals surface area contributed by atoms with Gasteiger partial charge in [-0.25, -0.2) is 9.97 Å². The summed E-state index contributed by atoms with van der Waals surface area (Å²) < 4.78 is 6.01. The van der Waals surface area contributed by atoms with Gasteiger partial charge in [0.25, 0.3) is 0 Å². The summed E-state index contributed by atoms with van der Waals surface area (Å²) in [5.41, 5.74) is 0.915. The summed E-state index contributed by atoms with van der Waals surface area (Å²) in [4.78, 5) is 10.6. The molecule has 5 heteroatoms. The molecule has 1 aliphatic heterocycles. The molecule has 2 rings (SSSR count). The topological polar surface area (TPSA) is 38.3 Å². The van der Waals surface area contributed by atoms with Gasteiger partial charge in [-0.3, -0.25) is 0 Å². The predicted molar refractivity (Wildman–Crippen MR) is 72.3 cm³/mol. The van der Waals surface area contributed by atoms with Crippen LogP contribution in [0.1, 0.15) is 38.2 Å². The molecule has 0 radical (unpaired) electrons. The van der Waals surface area contributed by atoms with Gasteiger partial charge in [0.2, 0.25) is 5.88 Å². The van der Waals surface area contributed by atoms with E-state index in [1.165, 1.54) is 6.33 Å². The zero-order valence-electron chi connectivity index (χ0n) is 11.2. The maximum Gasteiger partial charge on any atom is 0.221 e. The van der Waals surface area contributed by atoms with E-state index in [1.807, 2.05) is 0 Å². The molecule has 2 heterocycles. The van der Waals surface area contributed by atoms with E-state index in [1.54, 1.807) is 0 Å². The van der Waals surface area contributed by atoms with Crippen LogP contribution in [0, 0.1) is 0 Å². The van der Waals surface area contributed by atoms with Crippen molar-refractivity contribution in [1.29, 1.82) is 0 Å². The van der Waals surface area contributed by atoms with Crippen LogP contribution in [-0.4, -0.2) is 41.1 Å². The van der Waals surface area contributed by atoms with Crippen LogP contribution in [-0.2, 0) is 0 Å². The van der Waals surface area contributed by atoms with E-state index in [9.17, 15) is 0 Å². The molecule has 0 atom stereocenters. The standard InChI is InChI=1S/C13H20ClN3O/c1-9(2)11-12(14)15-8-16-13(11)18-10-4-6-17(3)7-5-10/h8-10H,4-7H2,1-3H3. The molecule has 0 amide bonds. The molecule has 0 aliphatic carbocycles. The number of nitrogens with zero attached hydrogens (tertiary/aromatic N) is 3. The summed E-state index contributed by atoms with van der Waals surface area (Å²) in [6, 6.07) is 0. The Morgan fingerprint density at radius 1 is 1.33 bits per heavy atom.